The molecule has 3 heteroatoms. The van der Waals surface area contributed by atoms with Gasteiger partial charge in [0.05, 0.1) is 6.42 Å². The van der Waals surface area contributed by atoms with Crippen molar-refractivity contribution in [1.29, 1.82) is 0 Å². The first-order valence-corrected chi connectivity index (χ1v) is 6.47. The minimum Gasteiger partial charge on any atom is -0.294 e. The van der Waals surface area contributed by atoms with Gasteiger partial charge in [0.15, 0.2) is 11.6 Å². The molecule has 21 heavy (non-hydrogen) atoms. The fourth-order valence-electron chi connectivity index (χ4n) is 2.22. The van der Waals surface area contributed by atoms with Gasteiger partial charge in [0.1, 0.15) is 0 Å². The van der Waals surface area contributed by atoms with Gasteiger partial charge < -0.3 is 0 Å². The normalized spacial score (nSPS) is 12.6. The van der Waals surface area contributed by atoms with Crippen LogP contribution in [0.3, 0.4) is 0 Å². The molecule has 0 atom stereocenters. The molecule has 3 nitrogen and oxygen atoms in total. The van der Waals surface area contributed by atoms with Crippen molar-refractivity contribution in [3.8, 4) is 11.8 Å². The summed E-state index contributed by atoms with van der Waals surface area (Å²) < 4.78 is 0. The van der Waals surface area contributed by atoms with E-state index in [4.69, 9.17) is 0 Å². The highest BCUT2D eigenvalue weighted by Gasteiger charge is 2.27. The van der Waals surface area contributed by atoms with Gasteiger partial charge in [0.2, 0.25) is 5.78 Å². The van der Waals surface area contributed by atoms with Crippen LogP contribution in [-0.2, 0) is 0 Å². The molecule has 0 bridgehead atoms. The molecule has 0 saturated heterocycles. The summed E-state index contributed by atoms with van der Waals surface area (Å²) in [6.45, 7) is 0. The fraction of sp³-hybridized carbons (Fsp3) is 0.0556. The Labute approximate surface area is 121 Å². The molecular weight excluding hydrogens is 264 g/mol. The number of hydrogen-bond acceptors (Lipinski definition) is 3. The topological polar surface area (TPSA) is 51.2 Å². The second-order valence-electron chi connectivity index (χ2n) is 4.73. The molecule has 0 radical (unpaired) electrons. The lowest BCUT2D eigenvalue weighted by Crippen LogP contribution is -1.99. The van der Waals surface area contributed by atoms with E-state index in [1.807, 2.05) is 30.3 Å². The monoisotopic (exact) mass is 274 g/mol. The Morgan fingerprint density at radius 1 is 0.905 bits per heavy atom. The molecule has 0 fully saturated rings. The summed E-state index contributed by atoms with van der Waals surface area (Å²) in [5, 5.41) is 0. The summed E-state index contributed by atoms with van der Waals surface area (Å²) in [6, 6.07) is 13.7. The number of rotatable bonds is 1. The first kappa shape index (κ1) is 13.0. The van der Waals surface area contributed by atoms with Crippen LogP contribution in [0.1, 0.15) is 43.1 Å². The van der Waals surface area contributed by atoms with Crippen molar-refractivity contribution < 1.29 is 14.4 Å². The minimum atomic E-state index is -0.367. The highest BCUT2D eigenvalue weighted by atomic mass is 16.2. The van der Waals surface area contributed by atoms with Gasteiger partial charge in [0, 0.05) is 22.3 Å². The second-order valence-corrected chi connectivity index (χ2v) is 4.73. The zero-order chi connectivity index (χ0) is 14.8. The molecule has 2 aromatic rings. The zero-order valence-electron chi connectivity index (χ0n) is 11.1. The molecule has 0 spiro atoms. The SMILES string of the molecule is O=C(C#Cc1ccccc1)c1ccc2c(c1)C(=O)CC2=O. The Balaban J connectivity index is 1.91. The Bertz CT molecular complexity index is 821. The first-order chi connectivity index (χ1) is 10.1. The molecule has 1 aliphatic rings. The van der Waals surface area contributed by atoms with Crippen LogP contribution in [0, 0.1) is 11.8 Å². The van der Waals surface area contributed by atoms with Gasteiger partial charge in [0.25, 0.3) is 0 Å². The summed E-state index contributed by atoms with van der Waals surface area (Å²) in [4.78, 5) is 35.2. The van der Waals surface area contributed by atoms with Gasteiger partial charge in [-0.1, -0.05) is 24.1 Å². The third-order valence-electron chi connectivity index (χ3n) is 3.30. The van der Waals surface area contributed by atoms with Gasteiger partial charge in [-0.15, -0.1) is 0 Å². The molecule has 2 aromatic carbocycles. The molecule has 3 rings (SSSR count). The number of carbonyl (C=O) groups excluding carboxylic acids is 3. The Hall–Kier alpha value is -2.99. The van der Waals surface area contributed by atoms with Crippen LogP contribution < -0.4 is 0 Å². The molecule has 0 heterocycles. The van der Waals surface area contributed by atoms with Crippen LogP contribution in [0.5, 0.6) is 0 Å². The molecule has 0 amide bonds. The highest BCUT2D eigenvalue weighted by Crippen LogP contribution is 2.23. The molecule has 0 aromatic heterocycles. The number of carbonyl (C=O) groups is 3. The minimum absolute atomic E-state index is 0.108. The maximum Gasteiger partial charge on any atom is 0.236 e. The summed E-state index contributed by atoms with van der Waals surface area (Å²) in [7, 11) is 0. The van der Waals surface area contributed by atoms with Crippen molar-refractivity contribution in [3.05, 3.63) is 70.8 Å². The van der Waals surface area contributed by atoms with Crippen LogP contribution in [-0.4, -0.2) is 17.3 Å². The third-order valence-corrected chi connectivity index (χ3v) is 3.30. The number of hydrogen-bond donors (Lipinski definition) is 0. The number of ketones is 3. The number of Topliss-reactive ketones (excluding diaryl/α,β-unsaturated/α-hetero) is 3. The van der Waals surface area contributed by atoms with E-state index in [1.165, 1.54) is 18.2 Å². The van der Waals surface area contributed by atoms with Gasteiger partial charge in [-0.2, -0.15) is 0 Å². The largest absolute Gasteiger partial charge is 0.294 e. The van der Waals surface area contributed by atoms with E-state index < -0.39 is 0 Å². The summed E-state index contributed by atoms with van der Waals surface area (Å²) in [6.07, 6.45) is -0.108. The van der Waals surface area contributed by atoms with E-state index in [1.54, 1.807) is 0 Å². The van der Waals surface area contributed by atoms with Crippen LogP contribution in [0.4, 0.5) is 0 Å². The predicted octanol–water partition coefficient (Wildman–Crippen LogP) is 2.69. The number of fused-ring (bicyclic) bond motifs is 1. The lowest BCUT2D eigenvalue weighted by Gasteiger charge is -1.98. The van der Waals surface area contributed by atoms with Crippen molar-refractivity contribution in [2.24, 2.45) is 0 Å². The van der Waals surface area contributed by atoms with Crippen LogP contribution in [0.2, 0.25) is 0 Å². The zero-order valence-corrected chi connectivity index (χ0v) is 11.1. The molecule has 0 aliphatic heterocycles. The standard InChI is InChI=1S/C18H10O3/c19-16(9-6-12-4-2-1-3-5-12)13-7-8-14-15(10-13)18(21)11-17(14)20/h1-5,7-8,10H,11H2. The predicted molar refractivity (Wildman–Crippen MR) is 77.4 cm³/mol. The van der Waals surface area contributed by atoms with Crippen LogP contribution in [0.25, 0.3) is 0 Å². The van der Waals surface area contributed by atoms with Crippen LogP contribution in [0.15, 0.2) is 48.5 Å². The van der Waals surface area contributed by atoms with E-state index in [0.29, 0.717) is 16.7 Å². The summed E-state index contributed by atoms with van der Waals surface area (Å²) >= 11 is 0. The van der Waals surface area contributed by atoms with Crippen molar-refractivity contribution >= 4 is 17.3 Å². The van der Waals surface area contributed by atoms with E-state index >= 15 is 0 Å². The van der Waals surface area contributed by atoms with E-state index in [-0.39, 0.29) is 23.8 Å². The smallest absolute Gasteiger partial charge is 0.236 e. The van der Waals surface area contributed by atoms with Crippen molar-refractivity contribution in [2.75, 3.05) is 0 Å². The average molecular weight is 274 g/mol. The molecule has 100 valence electrons. The maximum absolute atomic E-state index is 12.0. The van der Waals surface area contributed by atoms with E-state index in [9.17, 15) is 14.4 Å². The summed E-state index contributed by atoms with van der Waals surface area (Å²) in [5.74, 6) is 4.53. The molecule has 0 unspecified atom stereocenters. The van der Waals surface area contributed by atoms with E-state index in [0.717, 1.165) is 5.56 Å². The van der Waals surface area contributed by atoms with Crippen molar-refractivity contribution in [1.82, 2.24) is 0 Å². The Morgan fingerprint density at radius 3 is 2.38 bits per heavy atom. The Kier molecular flexibility index (Phi) is 3.21. The maximum atomic E-state index is 12.0. The molecular formula is C18H10O3. The van der Waals surface area contributed by atoms with Gasteiger partial charge in [-0.3, -0.25) is 14.4 Å². The lowest BCUT2D eigenvalue weighted by molar-refractivity contribution is 0.0922. The lowest BCUT2D eigenvalue weighted by atomic mass is 10.0. The van der Waals surface area contributed by atoms with Crippen molar-refractivity contribution in [3.63, 3.8) is 0 Å². The van der Waals surface area contributed by atoms with Gasteiger partial charge in [-0.05, 0) is 36.3 Å². The third kappa shape index (κ3) is 2.52. The Morgan fingerprint density at radius 2 is 1.62 bits per heavy atom. The van der Waals surface area contributed by atoms with Crippen LogP contribution >= 0.6 is 0 Å². The first-order valence-electron chi connectivity index (χ1n) is 6.47. The quantitative estimate of drug-likeness (QED) is 0.456. The molecule has 1 aliphatic carbocycles. The highest BCUT2D eigenvalue weighted by molar-refractivity contribution is 6.25. The van der Waals surface area contributed by atoms with E-state index in [2.05, 4.69) is 11.8 Å². The molecule has 0 saturated carbocycles. The van der Waals surface area contributed by atoms with Crippen molar-refractivity contribution in [2.45, 2.75) is 6.42 Å². The average Bonchev–Trinajstić information content (AvgIpc) is 2.80. The van der Waals surface area contributed by atoms with Gasteiger partial charge >= 0.3 is 0 Å². The summed E-state index contributed by atoms with van der Waals surface area (Å²) in [5.41, 5.74) is 1.80. The fourth-order valence-corrected chi connectivity index (χ4v) is 2.22. The molecule has 0 N–H and O–H groups in total. The second kappa shape index (κ2) is 5.18. The number of benzene rings is 2. The van der Waals surface area contributed by atoms with Gasteiger partial charge in [-0.25, -0.2) is 0 Å².